The number of hydrogen-bond donors (Lipinski definition) is 0. The highest BCUT2D eigenvalue weighted by Crippen LogP contribution is 2.46. The summed E-state index contributed by atoms with van der Waals surface area (Å²) >= 11 is 1.86. The molecule has 0 amide bonds. The molecule has 0 N–H and O–H groups in total. The van der Waals surface area contributed by atoms with Crippen molar-refractivity contribution in [2.75, 3.05) is 4.90 Å². The Labute approximate surface area is 358 Å². The number of aromatic nitrogens is 1. The average molecular weight is 795 g/mol. The van der Waals surface area contributed by atoms with E-state index in [4.69, 9.17) is 0 Å². The molecule has 3 heteroatoms. The third-order valence-electron chi connectivity index (χ3n) is 12.2. The van der Waals surface area contributed by atoms with Gasteiger partial charge in [-0.25, -0.2) is 0 Å². The molecule has 0 saturated heterocycles. The second-order valence-electron chi connectivity index (χ2n) is 15.7. The number of para-hydroxylation sites is 3. The molecule has 2 nitrogen and oxygen atoms in total. The van der Waals surface area contributed by atoms with Crippen molar-refractivity contribution in [2.45, 2.75) is 0 Å². The minimum absolute atomic E-state index is 1.08. The molecule has 0 atom stereocenters. The van der Waals surface area contributed by atoms with Crippen LogP contribution in [0.5, 0.6) is 0 Å². The fraction of sp³-hybridized carbons (Fsp3) is 0. The van der Waals surface area contributed by atoms with E-state index < -0.39 is 0 Å². The zero-order valence-corrected chi connectivity index (χ0v) is 34.1. The van der Waals surface area contributed by atoms with Gasteiger partial charge >= 0.3 is 0 Å². The number of hydrogen-bond acceptors (Lipinski definition) is 2. The van der Waals surface area contributed by atoms with Crippen LogP contribution >= 0.6 is 11.3 Å². The van der Waals surface area contributed by atoms with Crippen molar-refractivity contribution in [1.29, 1.82) is 0 Å². The van der Waals surface area contributed by atoms with Gasteiger partial charge in [0.05, 0.1) is 16.7 Å². The first kappa shape index (κ1) is 35.2. The molecule has 0 fully saturated rings. The number of rotatable bonds is 7. The summed E-state index contributed by atoms with van der Waals surface area (Å²) in [6, 6.07) is 84.2. The van der Waals surface area contributed by atoms with E-state index in [9.17, 15) is 0 Å². The third-order valence-corrected chi connectivity index (χ3v) is 13.3. The normalized spacial score (nSPS) is 11.6. The van der Waals surface area contributed by atoms with Crippen molar-refractivity contribution in [2.24, 2.45) is 0 Å². The molecule has 0 spiro atoms. The van der Waals surface area contributed by atoms with Crippen LogP contribution in [0.2, 0.25) is 0 Å². The van der Waals surface area contributed by atoms with E-state index in [1.165, 1.54) is 86.1 Å². The standard InChI is InChI=1S/C58H38N2S/c1-2-14-40(15-3-1)46-22-12-16-41-17-13-23-52(58(41)46)49-20-6-8-24-53(49)59(43-31-28-39(29-32-43)42-30-37-51-50-21-7-11-27-56(50)61-57(51)38-42)44-33-35-45(36-34-44)60-54-25-9-4-18-47(54)48-19-5-10-26-55(48)60/h1-38H. The Kier molecular flexibility index (Phi) is 8.39. The number of nitrogens with zero attached hydrogens (tertiary/aromatic N) is 2. The summed E-state index contributed by atoms with van der Waals surface area (Å²) in [5, 5.41) is 7.62. The van der Waals surface area contributed by atoms with Crippen LogP contribution < -0.4 is 4.90 Å². The van der Waals surface area contributed by atoms with E-state index in [1.807, 2.05) is 11.3 Å². The molecule has 12 aromatic rings. The number of benzene rings is 10. The summed E-state index contributed by atoms with van der Waals surface area (Å²) in [5.41, 5.74) is 14.0. The lowest BCUT2D eigenvalue weighted by Crippen LogP contribution is -2.11. The smallest absolute Gasteiger partial charge is 0.0541 e. The Morgan fingerprint density at radius 1 is 0.344 bits per heavy atom. The summed E-state index contributed by atoms with van der Waals surface area (Å²) in [5.74, 6) is 0. The highest BCUT2D eigenvalue weighted by molar-refractivity contribution is 7.25. The summed E-state index contributed by atoms with van der Waals surface area (Å²) in [6.45, 7) is 0. The maximum atomic E-state index is 2.42. The van der Waals surface area contributed by atoms with Crippen molar-refractivity contribution < 1.29 is 0 Å². The van der Waals surface area contributed by atoms with Gasteiger partial charge in [0, 0.05) is 53.6 Å². The predicted molar refractivity (Wildman–Crippen MR) is 262 cm³/mol. The van der Waals surface area contributed by atoms with Gasteiger partial charge in [0.25, 0.3) is 0 Å². The van der Waals surface area contributed by atoms with Gasteiger partial charge in [-0.05, 0) is 105 Å². The van der Waals surface area contributed by atoms with E-state index in [0.29, 0.717) is 0 Å². The first-order chi connectivity index (χ1) is 30.3. The van der Waals surface area contributed by atoms with Gasteiger partial charge in [-0.3, -0.25) is 0 Å². The van der Waals surface area contributed by atoms with E-state index in [2.05, 4.69) is 240 Å². The summed E-state index contributed by atoms with van der Waals surface area (Å²) in [7, 11) is 0. The molecule has 2 heterocycles. The van der Waals surface area contributed by atoms with Crippen molar-refractivity contribution in [1.82, 2.24) is 4.57 Å². The molecule has 0 aliphatic carbocycles. The molecule has 10 aromatic carbocycles. The Morgan fingerprint density at radius 2 is 0.902 bits per heavy atom. The zero-order valence-electron chi connectivity index (χ0n) is 33.2. The van der Waals surface area contributed by atoms with Gasteiger partial charge in [-0.1, -0.05) is 164 Å². The molecule has 0 aliphatic rings. The molecular weight excluding hydrogens is 757 g/mol. The summed E-state index contributed by atoms with van der Waals surface area (Å²) < 4.78 is 5.02. The zero-order chi connectivity index (χ0) is 40.3. The minimum Gasteiger partial charge on any atom is -0.310 e. The van der Waals surface area contributed by atoms with Crippen LogP contribution in [-0.4, -0.2) is 4.57 Å². The highest BCUT2D eigenvalue weighted by Gasteiger charge is 2.21. The van der Waals surface area contributed by atoms with E-state index in [0.717, 1.165) is 22.7 Å². The van der Waals surface area contributed by atoms with Crippen LogP contribution in [-0.2, 0) is 0 Å². The lowest BCUT2D eigenvalue weighted by molar-refractivity contribution is 1.17. The van der Waals surface area contributed by atoms with Crippen molar-refractivity contribution >= 4 is 81.1 Å². The second-order valence-corrected chi connectivity index (χ2v) is 16.8. The number of fused-ring (bicyclic) bond motifs is 7. The van der Waals surface area contributed by atoms with E-state index >= 15 is 0 Å². The van der Waals surface area contributed by atoms with E-state index in [1.54, 1.807) is 0 Å². The van der Waals surface area contributed by atoms with Gasteiger partial charge in [-0.15, -0.1) is 11.3 Å². The van der Waals surface area contributed by atoms with Crippen LogP contribution in [0.4, 0.5) is 17.1 Å². The Hall–Kier alpha value is -7.72. The lowest BCUT2D eigenvalue weighted by Gasteiger charge is -2.29. The van der Waals surface area contributed by atoms with Crippen LogP contribution in [0, 0.1) is 0 Å². The van der Waals surface area contributed by atoms with Gasteiger partial charge in [0.1, 0.15) is 0 Å². The summed E-state index contributed by atoms with van der Waals surface area (Å²) in [4.78, 5) is 2.42. The van der Waals surface area contributed by atoms with Crippen LogP contribution in [0.15, 0.2) is 231 Å². The summed E-state index contributed by atoms with van der Waals surface area (Å²) in [6.07, 6.45) is 0. The van der Waals surface area contributed by atoms with Gasteiger partial charge in [0.15, 0.2) is 0 Å². The second kappa shape index (κ2) is 14.5. The highest BCUT2D eigenvalue weighted by atomic mass is 32.1. The third kappa shape index (κ3) is 5.93. The van der Waals surface area contributed by atoms with Gasteiger partial charge in [0.2, 0.25) is 0 Å². The Balaban J connectivity index is 1.02. The molecule has 0 aliphatic heterocycles. The molecule has 61 heavy (non-hydrogen) atoms. The molecule has 286 valence electrons. The SMILES string of the molecule is c1ccc(-c2cccc3cccc(-c4ccccc4N(c4ccc(-c5ccc6c(c5)sc5ccccc56)cc4)c4ccc(-n5c6ccccc6c6ccccc65)cc4)c23)cc1. The fourth-order valence-electron chi connectivity index (χ4n) is 9.41. The maximum absolute atomic E-state index is 2.42. The largest absolute Gasteiger partial charge is 0.310 e. The first-order valence-corrected chi connectivity index (χ1v) is 21.7. The van der Waals surface area contributed by atoms with Crippen molar-refractivity contribution in [3.05, 3.63) is 231 Å². The quantitative estimate of drug-likeness (QED) is 0.156. The van der Waals surface area contributed by atoms with Crippen molar-refractivity contribution in [3.63, 3.8) is 0 Å². The predicted octanol–water partition coefficient (Wildman–Crippen LogP) is 16.8. The van der Waals surface area contributed by atoms with Crippen LogP contribution in [0.25, 0.3) is 91.8 Å². The molecule has 0 saturated carbocycles. The van der Waals surface area contributed by atoms with Crippen LogP contribution in [0.1, 0.15) is 0 Å². The fourth-order valence-corrected chi connectivity index (χ4v) is 10.6. The van der Waals surface area contributed by atoms with E-state index in [-0.39, 0.29) is 0 Å². The van der Waals surface area contributed by atoms with Gasteiger partial charge < -0.3 is 9.47 Å². The number of anilines is 3. The lowest BCUT2D eigenvalue weighted by atomic mass is 9.90. The molecule has 2 aromatic heterocycles. The molecular formula is C58H38N2S. The van der Waals surface area contributed by atoms with Gasteiger partial charge in [-0.2, -0.15) is 0 Å². The Bertz CT molecular complexity index is 3520. The Morgan fingerprint density at radius 3 is 1.64 bits per heavy atom. The molecule has 0 unspecified atom stereocenters. The molecule has 0 radical (unpaired) electrons. The average Bonchev–Trinajstić information content (AvgIpc) is 3.88. The minimum atomic E-state index is 1.08. The van der Waals surface area contributed by atoms with Crippen molar-refractivity contribution in [3.8, 4) is 39.1 Å². The topological polar surface area (TPSA) is 8.17 Å². The number of thiophene rings is 1. The first-order valence-electron chi connectivity index (χ1n) is 20.8. The van der Waals surface area contributed by atoms with Crippen LogP contribution in [0.3, 0.4) is 0 Å². The molecule has 12 rings (SSSR count). The maximum Gasteiger partial charge on any atom is 0.0541 e. The monoisotopic (exact) mass is 794 g/mol. The molecule has 0 bridgehead atoms.